The van der Waals surface area contributed by atoms with Gasteiger partial charge in [0.25, 0.3) is 0 Å². The maximum absolute atomic E-state index is 12.0. The zero-order valence-electron chi connectivity index (χ0n) is 7.00. The van der Waals surface area contributed by atoms with Crippen LogP contribution in [0.1, 0.15) is 11.4 Å². The number of hydrogen-bond acceptors (Lipinski definition) is 1. The van der Waals surface area contributed by atoms with Crippen LogP contribution in [0.3, 0.4) is 0 Å². The molecule has 2 nitrogen and oxygen atoms in total. The Bertz CT molecular complexity index is 372. The van der Waals surface area contributed by atoms with E-state index < -0.39 is 29.3 Å². The Morgan fingerprint density at radius 1 is 1.20 bits per heavy atom. The lowest BCUT2D eigenvalue weighted by atomic mass is 10.2. The van der Waals surface area contributed by atoms with Gasteiger partial charge in [-0.1, -0.05) is 6.58 Å². The average molecular weight is 230 g/mol. The second-order valence-electron chi connectivity index (χ2n) is 2.64. The number of allylic oxidation sites excluding steroid dienone is 1. The highest BCUT2D eigenvalue weighted by Gasteiger charge is 2.38. The molecule has 0 radical (unpaired) electrons. The van der Waals surface area contributed by atoms with Crippen LogP contribution in [0.15, 0.2) is 12.6 Å². The van der Waals surface area contributed by atoms with E-state index in [1.54, 1.807) is 0 Å². The van der Waals surface area contributed by atoms with Crippen molar-refractivity contribution in [1.82, 2.24) is 10.2 Å². The number of aromatic nitrogens is 2. The van der Waals surface area contributed by atoms with E-state index in [0.29, 0.717) is 0 Å². The molecule has 0 aliphatic rings. The van der Waals surface area contributed by atoms with E-state index in [1.165, 1.54) is 5.10 Å². The first-order valence-corrected chi connectivity index (χ1v) is 3.51. The minimum atomic E-state index is -4.79. The number of H-pyrrole nitrogens is 1. The van der Waals surface area contributed by atoms with Crippen LogP contribution in [-0.4, -0.2) is 16.4 Å². The molecule has 0 fully saturated rings. The van der Waals surface area contributed by atoms with Gasteiger partial charge >= 0.3 is 12.4 Å². The van der Waals surface area contributed by atoms with Crippen molar-refractivity contribution in [1.29, 1.82) is 0 Å². The number of nitrogens with zero attached hydrogens (tertiary/aromatic N) is 1. The van der Waals surface area contributed by atoms with E-state index in [9.17, 15) is 26.3 Å². The summed E-state index contributed by atoms with van der Waals surface area (Å²) in [7, 11) is 0. The van der Waals surface area contributed by atoms with E-state index in [4.69, 9.17) is 0 Å². The zero-order chi connectivity index (χ0) is 11.9. The number of rotatable bonds is 1. The third kappa shape index (κ3) is 2.51. The molecular formula is C7H4F6N2. The predicted molar refractivity (Wildman–Crippen MR) is 38.7 cm³/mol. The van der Waals surface area contributed by atoms with Gasteiger partial charge < -0.3 is 0 Å². The van der Waals surface area contributed by atoms with Crippen LogP contribution in [-0.2, 0) is 6.18 Å². The second-order valence-corrected chi connectivity index (χ2v) is 2.64. The first kappa shape index (κ1) is 11.6. The monoisotopic (exact) mass is 230 g/mol. The van der Waals surface area contributed by atoms with Crippen molar-refractivity contribution >= 4 is 5.57 Å². The molecule has 1 aromatic heterocycles. The normalized spacial score (nSPS) is 12.9. The standard InChI is InChI=1S/C7H4F6N2/c1-3(6(8,9)10)4-2-5(15-14-4)7(11,12)13/h2H,1H2,(H,14,15). The molecule has 1 aromatic rings. The predicted octanol–water partition coefficient (Wildman–Crippen LogP) is 3.00. The molecule has 1 heterocycles. The first-order valence-electron chi connectivity index (χ1n) is 3.51. The summed E-state index contributed by atoms with van der Waals surface area (Å²) in [5, 5.41) is 4.35. The highest BCUT2D eigenvalue weighted by Crippen LogP contribution is 2.34. The molecule has 0 unspecified atom stereocenters. The van der Waals surface area contributed by atoms with E-state index in [1.807, 2.05) is 0 Å². The first-order chi connectivity index (χ1) is 6.62. The van der Waals surface area contributed by atoms with Crippen LogP contribution in [0.25, 0.3) is 5.57 Å². The molecule has 15 heavy (non-hydrogen) atoms. The zero-order valence-corrected chi connectivity index (χ0v) is 7.00. The van der Waals surface area contributed by atoms with Gasteiger partial charge in [-0.2, -0.15) is 31.4 Å². The maximum atomic E-state index is 12.0. The lowest BCUT2D eigenvalue weighted by molar-refractivity contribution is -0.141. The highest BCUT2D eigenvalue weighted by molar-refractivity contribution is 5.64. The summed E-state index contributed by atoms with van der Waals surface area (Å²) in [6.45, 7) is 2.62. The van der Waals surface area contributed by atoms with Crippen LogP contribution in [0.2, 0.25) is 0 Å². The van der Waals surface area contributed by atoms with Crippen LogP contribution in [0.5, 0.6) is 0 Å². The Morgan fingerprint density at radius 3 is 2.07 bits per heavy atom. The molecule has 8 heteroatoms. The van der Waals surface area contributed by atoms with Gasteiger partial charge in [-0.05, 0) is 6.07 Å². The van der Waals surface area contributed by atoms with E-state index >= 15 is 0 Å². The summed E-state index contributed by atoms with van der Waals surface area (Å²) in [4.78, 5) is 0. The molecule has 0 atom stereocenters. The lowest BCUT2D eigenvalue weighted by Crippen LogP contribution is -2.09. The maximum Gasteiger partial charge on any atom is 0.432 e. The van der Waals surface area contributed by atoms with Gasteiger partial charge in [-0.3, -0.25) is 5.10 Å². The van der Waals surface area contributed by atoms with Crippen molar-refractivity contribution < 1.29 is 26.3 Å². The van der Waals surface area contributed by atoms with Crippen molar-refractivity contribution in [2.24, 2.45) is 0 Å². The summed E-state index contributed by atoms with van der Waals surface area (Å²) in [5.41, 5.74) is -3.63. The smallest absolute Gasteiger partial charge is 0.273 e. The fourth-order valence-corrected chi connectivity index (χ4v) is 0.767. The van der Waals surface area contributed by atoms with Crippen LogP contribution in [0.4, 0.5) is 26.3 Å². The van der Waals surface area contributed by atoms with E-state index in [2.05, 4.69) is 11.7 Å². The number of hydrogen-bond donors (Lipinski definition) is 1. The molecule has 1 N–H and O–H groups in total. The SMILES string of the molecule is C=C(c1cc(C(F)(F)F)[nH]n1)C(F)(F)F. The molecule has 0 aromatic carbocycles. The minimum Gasteiger partial charge on any atom is -0.273 e. The summed E-state index contributed by atoms with van der Waals surface area (Å²) < 4.78 is 72.0. The van der Waals surface area contributed by atoms with Crippen LogP contribution in [0, 0.1) is 0 Å². The number of nitrogens with one attached hydrogen (secondary N) is 1. The molecule has 84 valence electrons. The van der Waals surface area contributed by atoms with Gasteiger partial charge in [0.2, 0.25) is 0 Å². The molecule has 1 rings (SSSR count). The fourth-order valence-electron chi connectivity index (χ4n) is 0.767. The van der Waals surface area contributed by atoms with Crippen molar-refractivity contribution in [2.45, 2.75) is 12.4 Å². The Kier molecular flexibility index (Phi) is 2.54. The summed E-state index contributed by atoms with van der Waals surface area (Å²) in [5.74, 6) is 0. The largest absolute Gasteiger partial charge is 0.432 e. The highest BCUT2D eigenvalue weighted by atomic mass is 19.4. The summed E-state index contributed by atoms with van der Waals surface area (Å²) in [6.07, 6.45) is -9.55. The van der Waals surface area contributed by atoms with Gasteiger partial charge in [0.05, 0.1) is 11.3 Å². The lowest BCUT2D eigenvalue weighted by Gasteiger charge is -2.05. The number of aromatic amines is 1. The Morgan fingerprint density at radius 2 is 1.73 bits per heavy atom. The Balaban J connectivity index is 3.01. The Hall–Kier alpha value is -1.47. The van der Waals surface area contributed by atoms with Crippen LogP contribution < -0.4 is 0 Å². The molecule has 0 bridgehead atoms. The van der Waals surface area contributed by atoms with Gasteiger partial charge in [-0.25, -0.2) is 0 Å². The fraction of sp³-hybridized carbons (Fsp3) is 0.286. The number of halogens is 6. The molecule has 0 saturated carbocycles. The molecular weight excluding hydrogens is 226 g/mol. The topological polar surface area (TPSA) is 28.7 Å². The van der Waals surface area contributed by atoms with Crippen molar-refractivity contribution in [3.63, 3.8) is 0 Å². The summed E-state index contributed by atoms with van der Waals surface area (Å²) >= 11 is 0. The number of alkyl halides is 6. The Labute approximate surface area is 79.6 Å². The third-order valence-corrected chi connectivity index (χ3v) is 1.53. The summed E-state index contributed by atoms with van der Waals surface area (Å²) in [6, 6.07) is 0.260. The van der Waals surface area contributed by atoms with E-state index in [-0.39, 0.29) is 6.07 Å². The average Bonchev–Trinajstić information content (AvgIpc) is 2.47. The van der Waals surface area contributed by atoms with Crippen molar-refractivity contribution in [3.05, 3.63) is 24.0 Å². The van der Waals surface area contributed by atoms with Gasteiger partial charge in [0, 0.05) is 0 Å². The third-order valence-electron chi connectivity index (χ3n) is 1.53. The van der Waals surface area contributed by atoms with E-state index in [0.717, 1.165) is 0 Å². The molecule has 0 amide bonds. The molecule has 0 aliphatic carbocycles. The molecule has 0 aliphatic heterocycles. The van der Waals surface area contributed by atoms with Crippen molar-refractivity contribution in [3.8, 4) is 0 Å². The molecule has 0 saturated heterocycles. The quantitative estimate of drug-likeness (QED) is 0.738. The minimum absolute atomic E-state index is 0.260. The van der Waals surface area contributed by atoms with Gasteiger partial charge in [0.15, 0.2) is 0 Å². The van der Waals surface area contributed by atoms with Crippen LogP contribution >= 0.6 is 0 Å². The van der Waals surface area contributed by atoms with Gasteiger partial charge in [-0.15, -0.1) is 0 Å². The van der Waals surface area contributed by atoms with Crippen molar-refractivity contribution in [2.75, 3.05) is 0 Å². The molecule has 0 spiro atoms. The van der Waals surface area contributed by atoms with Gasteiger partial charge in [0.1, 0.15) is 5.69 Å². The second kappa shape index (κ2) is 3.28.